The predicted molar refractivity (Wildman–Crippen MR) is 67.9 cm³/mol. The number of aromatic nitrogens is 2. The van der Waals surface area contributed by atoms with Gasteiger partial charge in [0.25, 0.3) is 5.56 Å². The van der Waals surface area contributed by atoms with Crippen LogP contribution in [0.3, 0.4) is 0 Å². The largest absolute Gasteiger partial charge is 0.290 e. The summed E-state index contributed by atoms with van der Waals surface area (Å²) in [5.74, 6) is 0. The highest BCUT2D eigenvalue weighted by Crippen LogP contribution is 2.20. The number of hydrogen-bond donors (Lipinski definition) is 0. The van der Waals surface area contributed by atoms with E-state index < -0.39 is 0 Å². The van der Waals surface area contributed by atoms with Crippen LogP contribution in [-0.2, 0) is 7.05 Å². The number of nitriles is 1. The highest BCUT2D eigenvalue weighted by atomic mass is 32.2. The van der Waals surface area contributed by atoms with E-state index in [9.17, 15) is 4.79 Å². The predicted octanol–water partition coefficient (Wildman–Crippen LogP) is 1.94. The van der Waals surface area contributed by atoms with Crippen LogP contribution >= 0.6 is 11.8 Å². The maximum absolute atomic E-state index is 12.0. The number of benzene rings is 1. The van der Waals surface area contributed by atoms with Gasteiger partial charge in [0.15, 0.2) is 5.16 Å². The fraction of sp³-hybridized carbons (Fsp3) is 0.250. The number of para-hydroxylation sites is 1. The summed E-state index contributed by atoms with van der Waals surface area (Å²) in [5, 5.41) is 9.73. The van der Waals surface area contributed by atoms with Gasteiger partial charge in [-0.2, -0.15) is 5.26 Å². The molecule has 2 aromatic rings. The Labute approximate surface area is 103 Å². The minimum Gasteiger partial charge on any atom is -0.290 e. The molecular weight excluding hydrogens is 234 g/mol. The van der Waals surface area contributed by atoms with Gasteiger partial charge in [0, 0.05) is 7.05 Å². The van der Waals surface area contributed by atoms with Crippen LogP contribution in [0.2, 0.25) is 0 Å². The first kappa shape index (κ1) is 11.7. The highest BCUT2D eigenvalue weighted by Gasteiger charge is 2.11. The molecule has 0 spiro atoms. The van der Waals surface area contributed by atoms with Crippen molar-refractivity contribution < 1.29 is 0 Å². The van der Waals surface area contributed by atoms with Crippen LogP contribution in [0.1, 0.15) is 6.92 Å². The number of rotatable bonds is 2. The Balaban J connectivity index is 2.63. The quantitative estimate of drug-likeness (QED) is 0.599. The summed E-state index contributed by atoms with van der Waals surface area (Å²) in [6, 6.07) is 9.34. The van der Waals surface area contributed by atoms with E-state index >= 15 is 0 Å². The van der Waals surface area contributed by atoms with Gasteiger partial charge in [-0.3, -0.25) is 9.36 Å². The Morgan fingerprint density at radius 3 is 2.88 bits per heavy atom. The van der Waals surface area contributed by atoms with Gasteiger partial charge in [0.05, 0.1) is 22.2 Å². The second-order valence-corrected chi connectivity index (χ2v) is 4.97. The molecule has 0 aliphatic rings. The van der Waals surface area contributed by atoms with Crippen LogP contribution in [0.15, 0.2) is 34.2 Å². The fourth-order valence-corrected chi connectivity index (χ4v) is 2.25. The molecule has 0 fully saturated rings. The van der Waals surface area contributed by atoms with Gasteiger partial charge in [0.2, 0.25) is 0 Å². The van der Waals surface area contributed by atoms with Gasteiger partial charge < -0.3 is 0 Å². The Bertz CT molecular complexity index is 657. The standard InChI is InChI=1S/C12H11N3OS/c1-8(7-13)17-12-14-10-6-4-3-5-9(10)11(16)15(12)2/h3-6,8H,1-2H3/t8-/m1/s1. The van der Waals surface area contributed by atoms with Gasteiger partial charge in [-0.25, -0.2) is 4.98 Å². The molecule has 0 N–H and O–H groups in total. The molecule has 0 amide bonds. The lowest BCUT2D eigenvalue weighted by atomic mass is 10.2. The molecule has 0 radical (unpaired) electrons. The van der Waals surface area contributed by atoms with Crippen molar-refractivity contribution in [3.05, 3.63) is 34.6 Å². The molecule has 1 atom stereocenters. The van der Waals surface area contributed by atoms with Crippen molar-refractivity contribution >= 4 is 22.7 Å². The number of fused-ring (bicyclic) bond motifs is 1. The Hall–Kier alpha value is -1.80. The lowest BCUT2D eigenvalue weighted by Crippen LogP contribution is -2.20. The smallest absolute Gasteiger partial charge is 0.261 e. The van der Waals surface area contributed by atoms with Crippen molar-refractivity contribution in [2.75, 3.05) is 0 Å². The molecule has 86 valence electrons. The Kier molecular flexibility index (Phi) is 3.16. The molecule has 1 aromatic carbocycles. The minimum atomic E-state index is -0.228. The Morgan fingerprint density at radius 1 is 1.47 bits per heavy atom. The molecule has 4 nitrogen and oxygen atoms in total. The van der Waals surface area contributed by atoms with E-state index in [-0.39, 0.29) is 10.8 Å². The molecule has 1 aromatic heterocycles. The van der Waals surface area contributed by atoms with Gasteiger partial charge >= 0.3 is 0 Å². The van der Waals surface area contributed by atoms with E-state index in [2.05, 4.69) is 11.1 Å². The van der Waals surface area contributed by atoms with Crippen molar-refractivity contribution in [2.45, 2.75) is 17.3 Å². The van der Waals surface area contributed by atoms with Crippen molar-refractivity contribution in [2.24, 2.45) is 7.05 Å². The van der Waals surface area contributed by atoms with Crippen LogP contribution in [0, 0.1) is 11.3 Å². The normalized spacial score (nSPS) is 12.3. The topological polar surface area (TPSA) is 58.7 Å². The van der Waals surface area contributed by atoms with Crippen molar-refractivity contribution in [3.63, 3.8) is 0 Å². The summed E-state index contributed by atoms with van der Waals surface area (Å²) >= 11 is 1.29. The average Bonchev–Trinajstić information content (AvgIpc) is 2.35. The molecule has 0 bridgehead atoms. The zero-order chi connectivity index (χ0) is 12.4. The lowest BCUT2D eigenvalue weighted by molar-refractivity contribution is 0.725. The summed E-state index contributed by atoms with van der Waals surface area (Å²) in [6.07, 6.45) is 0. The second kappa shape index (κ2) is 4.60. The molecule has 2 rings (SSSR count). The van der Waals surface area contributed by atoms with E-state index in [0.29, 0.717) is 16.1 Å². The third kappa shape index (κ3) is 2.17. The highest BCUT2D eigenvalue weighted by molar-refractivity contribution is 8.00. The van der Waals surface area contributed by atoms with Crippen molar-refractivity contribution in [1.82, 2.24) is 9.55 Å². The molecule has 0 saturated carbocycles. The second-order valence-electron chi connectivity index (χ2n) is 3.66. The van der Waals surface area contributed by atoms with Crippen LogP contribution in [0.25, 0.3) is 10.9 Å². The third-order valence-electron chi connectivity index (χ3n) is 2.41. The molecule has 1 heterocycles. The van der Waals surface area contributed by atoms with Gasteiger partial charge in [-0.05, 0) is 19.1 Å². The third-order valence-corrected chi connectivity index (χ3v) is 3.44. The van der Waals surface area contributed by atoms with Crippen molar-refractivity contribution in [3.8, 4) is 6.07 Å². The SMILES string of the molecule is C[C@H](C#N)Sc1nc2ccccc2c(=O)n1C. The maximum atomic E-state index is 12.0. The zero-order valence-corrected chi connectivity index (χ0v) is 10.4. The summed E-state index contributed by atoms with van der Waals surface area (Å²) in [4.78, 5) is 16.4. The lowest BCUT2D eigenvalue weighted by Gasteiger charge is -2.08. The van der Waals surface area contributed by atoms with Crippen LogP contribution in [0.4, 0.5) is 0 Å². The summed E-state index contributed by atoms with van der Waals surface area (Å²) in [7, 11) is 1.67. The molecule has 0 aliphatic carbocycles. The zero-order valence-electron chi connectivity index (χ0n) is 9.54. The molecule has 5 heteroatoms. The first-order valence-corrected chi connectivity index (χ1v) is 6.03. The van der Waals surface area contributed by atoms with Crippen LogP contribution < -0.4 is 5.56 Å². The van der Waals surface area contributed by atoms with E-state index in [4.69, 9.17) is 5.26 Å². The molecule has 0 saturated heterocycles. The maximum Gasteiger partial charge on any atom is 0.261 e. The first-order chi connectivity index (χ1) is 8.13. The minimum absolute atomic E-state index is 0.0803. The fourth-order valence-electron chi connectivity index (χ4n) is 1.49. The van der Waals surface area contributed by atoms with Crippen molar-refractivity contribution in [1.29, 1.82) is 5.26 Å². The molecular formula is C12H11N3OS. The van der Waals surface area contributed by atoms with E-state index in [0.717, 1.165) is 0 Å². The molecule has 0 unspecified atom stereocenters. The van der Waals surface area contributed by atoms with Gasteiger partial charge in [0.1, 0.15) is 0 Å². The monoisotopic (exact) mass is 245 g/mol. The van der Waals surface area contributed by atoms with E-state index in [1.807, 2.05) is 12.1 Å². The van der Waals surface area contributed by atoms with Crippen LogP contribution in [-0.4, -0.2) is 14.8 Å². The summed E-state index contributed by atoms with van der Waals surface area (Å²) in [5.41, 5.74) is 0.589. The molecule has 0 aliphatic heterocycles. The summed E-state index contributed by atoms with van der Waals surface area (Å²) < 4.78 is 1.49. The van der Waals surface area contributed by atoms with Gasteiger partial charge in [-0.15, -0.1) is 0 Å². The first-order valence-electron chi connectivity index (χ1n) is 5.15. The Morgan fingerprint density at radius 2 is 2.18 bits per heavy atom. The van der Waals surface area contributed by atoms with Gasteiger partial charge in [-0.1, -0.05) is 23.9 Å². The summed E-state index contributed by atoms with van der Waals surface area (Å²) in [6.45, 7) is 1.78. The number of nitrogens with zero attached hydrogens (tertiary/aromatic N) is 3. The molecule has 17 heavy (non-hydrogen) atoms. The number of hydrogen-bond acceptors (Lipinski definition) is 4. The average molecular weight is 245 g/mol. The van der Waals surface area contributed by atoms with Crippen LogP contribution in [0.5, 0.6) is 0 Å². The van der Waals surface area contributed by atoms with E-state index in [1.165, 1.54) is 16.3 Å². The van der Waals surface area contributed by atoms with E-state index in [1.54, 1.807) is 26.1 Å². The number of thioether (sulfide) groups is 1.